The fourth-order valence-corrected chi connectivity index (χ4v) is 1.61. The number of halogens is 5. The molecule has 2 N–H and O–H groups in total. The van der Waals surface area contributed by atoms with Gasteiger partial charge in [-0.15, -0.1) is 12.4 Å². The molecule has 1 atom stereocenters. The number of ether oxygens (including phenoxy) is 1. The molecule has 0 fully saturated rings. The summed E-state index contributed by atoms with van der Waals surface area (Å²) in [6, 6.07) is 1.86. The molecule has 102 valence electrons. The van der Waals surface area contributed by atoms with Gasteiger partial charge < -0.3 is 10.5 Å². The third kappa shape index (κ3) is 3.51. The predicted octanol–water partition coefficient (Wildman–Crippen LogP) is 2.95. The molecule has 0 amide bonds. The molecule has 18 heavy (non-hydrogen) atoms. The van der Waals surface area contributed by atoms with Crippen LogP contribution < -0.4 is 5.73 Å². The molecule has 0 heterocycles. The lowest BCUT2D eigenvalue weighted by Gasteiger charge is -2.15. The number of hydrogen-bond donors (Lipinski definition) is 1. The van der Waals surface area contributed by atoms with E-state index in [2.05, 4.69) is 4.74 Å². The third-order valence-corrected chi connectivity index (χ3v) is 2.55. The van der Waals surface area contributed by atoms with Crippen molar-refractivity contribution >= 4 is 30.0 Å². The van der Waals surface area contributed by atoms with Crippen LogP contribution >= 0.6 is 24.0 Å². The summed E-state index contributed by atoms with van der Waals surface area (Å²) in [5.74, 6) is -0.855. The lowest BCUT2D eigenvalue weighted by atomic mass is 10.0. The number of nitrogens with two attached hydrogens (primary N) is 1. The molecule has 0 saturated carbocycles. The van der Waals surface area contributed by atoms with Gasteiger partial charge in [0, 0.05) is 0 Å². The maximum atomic E-state index is 12.5. The first-order valence-electron chi connectivity index (χ1n) is 4.48. The highest BCUT2D eigenvalue weighted by molar-refractivity contribution is 6.32. The van der Waals surface area contributed by atoms with Crippen molar-refractivity contribution < 1.29 is 22.7 Å². The van der Waals surface area contributed by atoms with E-state index in [4.69, 9.17) is 17.3 Å². The van der Waals surface area contributed by atoms with E-state index in [0.29, 0.717) is 0 Å². The van der Waals surface area contributed by atoms with Crippen LogP contribution in [-0.2, 0) is 15.7 Å². The lowest BCUT2D eigenvalue weighted by molar-refractivity contribution is -0.142. The molecule has 3 nitrogen and oxygen atoms in total. The summed E-state index contributed by atoms with van der Waals surface area (Å²) in [7, 11) is 1.09. The average Bonchev–Trinajstić information content (AvgIpc) is 2.25. The molecule has 1 aromatic carbocycles. The fourth-order valence-electron chi connectivity index (χ4n) is 1.26. The predicted molar refractivity (Wildman–Crippen MR) is 62.6 cm³/mol. The number of carbonyl (C=O) groups excluding carboxylic acids is 1. The first-order valence-corrected chi connectivity index (χ1v) is 4.86. The second-order valence-electron chi connectivity index (χ2n) is 3.21. The molecule has 0 aliphatic rings. The summed E-state index contributed by atoms with van der Waals surface area (Å²) in [4.78, 5) is 11.1. The Morgan fingerprint density at radius 1 is 1.44 bits per heavy atom. The summed E-state index contributed by atoms with van der Waals surface area (Å²) >= 11 is 5.58. The molecule has 1 rings (SSSR count). The summed E-state index contributed by atoms with van der Waals surface area (Å²) in [5, 5.41) is -0.585. The first kappa shape index (κ1) is 17.0. The van der Waals surface area contributed by atoms with E-state index in [9.17, 15) is 18.0 Å². The van der Waals surface area contributed by atoms with Crippen molar-refractivity contribution in [2.24, 2.45) is 5.73 Å². The van der Waals surface area contributed by atoms with E-state index in [-0.39, 0.29) is 18.0 Å². The van der Waals surface area contributed by atoms with Gasteiger partial charge in [0.15, 0.2) is 0 Å². The van der Waals surface area contributed by atoms with Crippen molar-refractivity contribution in [2.75, 3.05) is 7.11 Å². The van der Waals surface area contributed by atoms with Crippen LogP contribution in [0.2, 0.25) is 5.02 Å². The minimum Gasteiger partial charge on any atom is -0.468 e. The molecule has 0 radical (unpaired) electrons. The number of hydrogen-bond acceptors (Lipinski definition) is 3. The second kappa shape index (κ2) is 6.26. The Morgan fingerprint density at radius 3 is 2.44 bits per heavy atom. The highest BCUT2D eigenvalue weighted by atomic mass is 35.5. The monoisotopic (exact) mass is 303 g/mol. The van der Waals surface area contributed by atoms with Gasteiger partial charge in [0.2, 0.25) is 0 Å². The van der Waals surface area contributed by atoms with Gasteiger partial charge in [-0.05, 0) is 11.6 Å². The van der Waals surface area contributed by atoms with Crippen molar-refractivity contribution in [3.05, 3.63) is 34.3 Å². The lowest BCUT2D eigenvalue weighted by Crippen LogP contribution is -2.23. The van der Waals surface area contributed by atoms with Gasteiger partial charge in [-0.25, -0.2) is 0 Å². The highest BCUT2D eigenvalue weighted by Gasteiger charge is 2.35. The van der Waals surface area contributed by atoms with Gasteiger partial charge in [-0.1, -0.05) is 23.7 Å². The maximum Gasteiger partial charge on any atom is 0.417 e. The van der Waals surface area contributed by atoms with Gasteiger partial charge >= 0.3 is 12.1 Å². The largest absolute Gasteiger partial charge is 0.468 e. The van der Waals surface area contributed by atoms with E-state index in [1.54, 1.807) is 0 Å². The first-order chi connectivity index (χ1) is 7.79. The van der Waals surface area contributed by atoms with Gasteiger partial charge in [0.05, 0.1) is 17.7 Å². The van der Waals surface area contributed by atoms with Gasteiger partial charge in [0.1, 0.15) is 6.04 Å². The van der Waals surface area contributed by atoms with E-state index in [1.165, 1.54) is 6.07 Å². The van der Waals surface area contributed by atoms with Crippen LogP contribution in [0.4, 0.5) is 13.2 Å². The summed E-state index contributed by atoms with van der Waals surface area (Å²) in [5.41, 5.74) is 4.29. The number of methoxy groups -OCH3 is 1. The van der Waals surface area contributed by atoms with Gasteiger partial charge in [-0.3, -0.25) is 4.79 Å². The smallest absolute Gasteiger partial charge is 0.417 e. The van der Waals surface area contributed by atoms with Crippen molar-refractivity contribution in [1.82, 2.24) is 0 Å². The van der Waals surface area contributed by atoms with Crippen LogP contribution in [-0.4, -0.2) is 13.1 Å². The van der Waals surface area contributed by atoms with Crippen LogP contribution in [0.25, 0.3) is 0 Å². The highest BCUT2D eigenvalue weighted by Crippen LogP contribution is 2.37. The Hall–Kier alpha value is -0.980. The van der Waals surface area contributed by atoms with E-state index >= 15 is 0 Å². The number of benzene rings is 1. The zero-order valence-corrected chi connectivity index (χ0v) is 10.7. The van der Waals surface area contributed by atoms with Crippen molar-refractivity contribution in [2.45, 2.75) is 12.2 Å². The van der Waals surface area contributed by atoms with E-state index < -0.39 is 28.8 Å². The minimum atomic E-state index is -4.59. The van der Waals surface area contributed by atoms with Gasteiger partial charge in [-0.2, -0.15) is 13.2 Å². The standard InChI is InChI=1S/C10H9ClF3NO2.ClH/c1-17-9(16)8(15)5-3-2-4-6(7(5)11)10(12,13)14;/h2-4,8H,15H2,1H3;1H/t8-;/m0./s1. The Bertz CT molecular complexity index is 438. The van der Waals surface area contributed by atoms with Crippen LogP contribution in [0.5, 0.6) is 0 Å². The Morgan fingerprint density at radius 2 is 2.00 bits per heavy atom. The van der Waals surface area contributed by atoms with Crippen molar-refractivity contribution in [3.63, 3.8) is 0 Å². The summed E-state index contributed by atoms with van der Waals surface area (Å²) in [6.07, 6.45) is -4.59. The van der Waals surface area contributed by atoms with Crippen molar-refractivity contribution in [1.29, 1.82) is 0 Å². The molecule has 0 aliphatic carbocycles. The molecule has 0 spiro atoms. The SMILES string of the molecule is COC(=O)[C@@H](N)c1cccc(C(F)(F)F)c1Cl.Cl. The van der Waals surface area contributed by atoms with Crippen molar-refractivity contribution in [3.8, 4) is 0 Å². The number of rotatable bonds is 2. The molecular weight excluding hydrogens is 294 g/mol. The zero-order chi connectivity index (χ0) is 13.2. The molecule has 0 unspecified atom stereocenters. The van der Waals surface area contributed by atoms with E-state index in [0.717, 1.165) is 19.2 Å². The topological polar surface area (TPSA) is 52.3 Å². The molecule has 0 aliphatic heterocycles. The van der Waals surface area contributed by atoms with Crippen LogP contribution in [0.15, 0.2) is 18.2 Å². The Labute approximate surface area is 112 Å². The molecule has 0 aromatic heterocycles. The van der Waals surface area contributed by atoms with Crippen LogP contribution in [0, 0.1) is 0 Å². The quantitative estimate of drug-likeness (QED) is 0.855. The summed E-state index contributed by atoms with van der Waals surface area (Å²) < 4.78 is 41.9. The molecular formula is C10H10Cl2F3NO2. The normalized spacial score (nSPS) is 12.6. The zero-order valence-electron chi connectivity index (χ0n) is 9.12. The Kier molecular flexibility index (Phi) is 5.92. The number of carbonyl (C=O) groups is 1. The minimum absolute atomic E-state index is 0. The Balaban J connectivity index is 0.00000289. The number of esters is 1. The molecule has 8 heteroatoms. The van der Waals surface area contributed by atoms with Gasteiger partial charge in [0.25, 0.3) is 0 Å². The summed E-state index contributed by atoms with van der Waals surface area (Å²) in [6.45, 7) is 0. The molecule has 0 saturated heterocycles. The van der Waals surface area contributed by atoms with Crippen LogP contribution in [0.1, 0.15) is 17.2 Å². The average molecular weight is 304 g/mol. The molecule has 0 bridgehead atoms. The van der Waals surface area contributed by atoms with E-state index in [1.807, 2.05) is 0 Å². The number of alkyl halides is 3. The molecule has 1 aromatic rings. The fraction of sp³-hybridized carbons (Fsp3) is 0.300. The maximum absolute atomic E-state index is 12.5. The van der Waals surface area contributed by atoms with Crippen LogP contribution in [0.3, 0.4) is 0 Å². The second-order valence-corrected chi connectivity index (χ2v) is 3.59. The third-order valence-electron chi connectivity index (χ3n) is 2.12.